The highest BCUT2D eigenvalue weighted by atomic mass is 16.5. The highest BCUT2D eigenvalue weighted by Crippen LogP contribution is 2.33. The fourth-order valence-electron chi connectivity index (χ4n) is 4.38. The number of aromatic amines is 1. The second-order valence-electron chi connectivity index (χ2n) is 8.09. The van der Waals surface area contributed by atoms with Crippen LogP contribution >= 0.6 is 0 Å². The number of benzene rings is 2. The molecular formula is C24H26N4O2. The third-order valence-electron chi connectivity index (χ3n) is 6.02. The number of piperazine rings is 1. The molecule has 0 saturated carbocycles. The molecule has 3 heterocycles. The van der Waals surface area contributed by atoms with Gasteiger partial charge in [0.1, 0.15) is 0 Å². The lowest BCUT2D eigenvalue weighted by molar-refractivity contribution is 0.259. The first-order chi connectivity index (χ1) is 14.6. The average molecular weight is 402 g/mol. The number of hydrogen-bond acceptors (Lipinski definition) is 5. The summed E-state index contributed by atoms with van der Waals surface area (Å²) in [5.41, 5.74) is 4.75. The number of rotatable bonds is 5. The van der Waals surface area contributed by atoms with Crippen molar-refractivity contribution >= 4 is 33.3 Å². The van der Waals surface area contributed by atoms with Crippen LogP contribution in [0.2, 0.25) is 0 Å². The molecule has 0 bridgehead atoms. The van der Waals surface area contributed by atoms with Crippen molar-refractivity contribution in [2.24, 2.45) is 0 Å². The van der Waals surface area contributed by atoms with Crippen molar-refractivity contribution in [3.8, 4) is 5.88 Å². The molecule has 0 atom stereocenters. The summed E-state index contributed by atoms with van der Waals surface area (Å²) >= 11 is 0. The molecule has 1 saturated heterocycles. The van der Waals surface area contributed by atoms with Crippen LogP contribution in [-0.4, -0.2) is 52.9 Å². The second-order valence-corrected chi connectivity index (χ2v) is 8.09. The van der Waals surface area contributed by atoms with Crippen molar-refractivity contribution in [2.75, 3.05) is 37.6 Å². The highest BCUT2D eigenvalue weighted by molar-refractivity contribution is 5.95. The number of nitrogens with one attached hydrogen (secondary N) is 1. The van der Waals surface area contributed by atoms with E-state index < -0.39 is 0 Å². The first-order valence-electron chi connectivity index (χ1n) is 10.4. The van der Waals surface area contributed by atoms with E-state index in [9.17, 15) is 5.11 Å². The van der Waals surface area contributed by atoms with Gasteiger partial charge in [0.2, 0.25) is 0 Å². The van der Waals surface area contributed by atoms with Crippen LogP contribution in [0.3, 0.4) is 0 Å². The summed E-state index contributed by atoms with van der Waals surface area (Å²) in [5, 5.41) is 16.6. The summed E-state index contributed by atoms with van der Waals surface area (Å²) in [6.07, 6.45) is 0.977. The molecule has 154 valence electrons. The Labute approximate surface area is 175 Å². The highest BCUT2D eigenvalue weighted by Gasteiger charge is 2.21. The molecule has 0 amide bonds. The molecular weight excluding hydrogens is 376 g/mol. The topological polar surface area (TPSA) is 68.5 Å². The van der Waals surface area contributed by atoms with Gasteiger partial charge in [-0.2, -0.15) is 0 Å². The minimum absolute atomic E-state index is 0.200. The molecule has 1 aliphatic rings. The van der Waals surface area contributed by atoms with E-state index in [4.69, 9.17) is 4.52 Å². The van der Waals surface area contributed by atoms with E-state index in [1.807, 2.05) is 31.2 Å². The van der Waals surface area contributed by atoms with Gasteiger partial charge in [-0.05, 0) is 48.7 Å². The predicted molar refractivity (Wildman–Crippen MR) is 121 cm³/mol. The number of aromatic hydroxyl groups is 1. The molecule has 6 heteroatoms. The van der Waals surface area contributed by atoms with Gasteiger partial charge in [-0.3, -0.25) is 4.90 Å². The van der Waals surface area contributed by atoms with Crippen molar-refractivity contribution < 1.29 is 9.63 Å². The first kappa shape index (κ1) is 18.8. The molecule has 1 fully saturated rings. The van der Waals surface area contributed by atoms with E-state index >= 15 is 0 Å². The molecule has 0 spiro atoms. The Kier molecular flexibility index (Phi) is 4.71. The van der Waals surface area contributed by atoms with Gasteiger partial charge in [-0.15, -0.1) is 0 Å². The van der Waals surface area contributed by atoms with Crippen LogP contribution in [0.5, 0.6) is 5.88 Å². The van der Waals surface area contributed by atoms with E-state index in [1.54, 1.807) is 0 Å². The van der Waals surface area contributed by atoms with Crippen LogP contribution in [0.1, 0.15) is 18.1 Å². The van der Waals surface area contributed by atoms with Gasteiger partial charge in [0, 0.05) is 49.2 Å². The Balaban J connectivity index is 1.23. The van der Waals surface area contributed by atoms with Crippen molar-refractivity contribution in [1.29, 1.82) is 0 Å². The van der Waals surface area contributed by atoms with E-state index in [0.717, 1.165) is 78.0 Å². The lowest BCUT2D eigenvalue weighted by atomic mass is 10.0. The fraction of sp³-hybridized carbons (Fsp3) is 0.292. The normalized spacial score (nSPS) is 15.3. The van der Waals surface area contributed by atoms with Crippen LogP contribution < -0.4 is 4.90 Å². The van der Waals surface area contributed by atoms with Crippen LogP contribution in [0.4, 0.5) is 5.82 Å². The average Bonchev–Trinajstić information content (AvgIpc) is 3.32. The van der Waals surface area contributed by atoms with Crippen molar-refractivity contribution in [2.45, 2.75) is 13.3 Å². The quantitative estimate of drug-likeness (QED) is 0.517. The maximum absolute atomic E-state index is 10.2. The number of allylic oxidation sites excluding steroid dienone is 1. The molecule has 2 N–H and O–H groups in total. The Morgan fingerprint density at radius 1 is 1.13 bits per heavy atom. The summed E-state index contributed by atoms with van der Waals surface area (Å²) < 4.78 is 5.47. The van der Waals surface area contributed by atoms with Crippen LogP contribution in [0.15, 0.2) is 53.6 Å². The van der Waals surface area contributed by atoms with Gasteiger partial charge >= 0.3 is 0 Å². The molecule has 1 aliphatic heterocycles. The summed E-state index contributed by atoms with van der Waals surface area (Å²) in [6, 6.07) is 14.4. The lowest BCUT2D eigenvalue weighted by Gasteiger charge is -2.34. The van der Waals surface area contributed by atoms with Gasteiger partial charge in [-0.1, -0.05) is 29.9 Å². The standard InChI is InChI=1S/C24H26N4O2/c1-16(2)22-19-15-17(7-8-20(19)25-24(22)29)9-10-27-11-13-28(14-12-27)23-18-5-3-4-6-21(18)30-26-23/h3-8,15,25,29H,1,9-14H2,2H3. The molecule has 0 aliphatic carbocycles. The van der Waals surface area contributed by atoms with E-state index in [2.05, 4.69) is 44.7 Å². The zero-order chi connectivity index (χ0) is 20.7. The molecule has 6 nitrogen and oxygen atoms in total. The monoisotopic (exact) mass is 402 g/mol. The second kappa shape index (κ2) is 7.54. The fourth-order valence-corrected chi connectivity index (χ4v) is 4.38. The van der Waals surface area contributed by atoms with Crippen molar-refractivity contribution in [1.82, 2.24) is 15.0 Å². The molecule has 2 aromatic carbocycles. The van der Waals surface area contributed by atoms with Gasteiger partial charge in [-0.25, -0.2) is 0 Å². The molecule has 2 aromatic heterocycles. The third-order valence-corrected chi connectivity index (χ3v) is 6.02. The van der Waals surface area contributed by atoms with E-state index in [-0.39, 0.29) is 5.88 Å². The van der Waals surface area contributed by atoms with Crippen molar-refractivity contribution in [3.63, 3.8) is 0 Å². The van der Waals surface area contributed by atoms with Gasteiger partial charge in [0.25, 0.3) is 0 Å². The van der Waals surface area contributed by atoms with Crippen LogP contribution in [0, 0.1) is 0 Å². The van der Waals surface area contributed by atoms with E-state index in [0.29, 0.717) is 0 Å². The molecule has 0 radical (unpaired) electrons. The number of para-hydroxylation sites is 1. The summed E-state index contributed by atoms with van der Waals surface area (Å²) in [5.74, 6) is 1.15. The zero-order valence-electron chi connectivity index (χ0n) is 17.2. The zero-order valence-corrected chi connectivity index (χ0v) is 17.2. The minimum atomic E-state index is 0.200. The molecule has 4 aromatic rings. The Bertz CT molecular complexity index is 1210. The smallest absolute Gasteiger partial charge is 0.197 e. The van der Waals surface area contributed by atoms with Gasteiger partial charge in [0.05, 0.1) is 5.39 Å². The predicted octanol–water partition coefficient (Wildman–Crippen LogP) is 4.41. The van der Waals surface area contributed by atoms with Crippen LogP contribution in [0.25, 0.3) is 27.4 Å². The number of aromatic nitrogens is 2. The maximum atomic E-state index is 10.2. The number of hydrogen-bond donors (Lipinski definition) is 2. The lowest BCUT2D eigenvalue weighted by Crippen LogP contribution is -2.47. The minimum Gasteiger partial charge on any atom is -0.494 e. The largest absolute Gasteiger partial charge is 0.494 e. The molecule has 5 rings (SSSR count). The number of anilines is 1. The summed E-state index contributed by atoms with van der Waals surface area (Å²) in [4.78, 5) is 7.85. The SMILES string of the molecule is C=C(C)c1c(O)[nH]c2ccc(CCN3CCN(c4noc5ccccc45)CC3)cc12. The van der Waals surface area contributed by atoms with Gasteiger partial charge < -0.3 is 19.5 Å². The Hall–Kier alpha value is -3.25. The third kappa shape index (κ3) is 3.33. The number of nitrogens with zero attached hydrogens (tertiary/aromatic N) is 3. The van der Waals surface area contributed by atoms with E-state index in [1.165, 1.54) is 5.56 Å². The Morgan fingerprint density at radius 2 is 1.93 bits per heavy atom. The molecule has 0 unspecified atom stereocenters. The molecule has 30 heavy (non-hydrogen) atoms. The number of fused-ring (bicyclic) bond motifs is 2. The van der Waals surface area contributed by atoms with Gasteiger partial charge in [0.15, 0.2) is 17.3 Å². The number of H-pyrrole nitrogens is 1. The van der Waals surface area contributed by atoms with Crippen LogP contribution in [-0.2, 0) is 6.42 Å². The van der Waals surface area contributed by atoms with Crippen molar-refractivity contribution in [3.05, 3.63) is 60.2 Å². The Morgan fingerprint density at radius 3 is 2.73 bits per heavy atom. The summed E-state index contributed by atoms with van der Waals surface area (Å²) in [6.45, 7) is 10.8. The summed E-state index contributed by atoms with van der Waals surface area (Å²) in [7, 11) is 0. The maximum Gasteiger partial charge on any atom is 0.197 e. The first-order valence-corrected chi connectivity index (χ1v) is 10.4.